The molecule has 0 atom stereocenters. The van der Waals surface area contributed by atoms with E-state index in [0.717, 1.165) is 44.6 Å². The minimum atomic E-state index is -0.677. The lowest BCUT2D eigenvalue weighted by Crippen LogP contribution is -2.38. The average molecular weight is 457 g/mol. The Balaban J connectivity index is 1.75. The van der Waals surface area contributed by atoms with Gasteiger partial charge in [0.25, 0.3) is 5.91 Å². The second kappa shape index (κ2) is 12.7. The SMILES string of the molecule is O=C(CO/N=C1/C=C/CC/C=C/CCOC(=O)c2c(O)cc(O)cc2C1)NC1CCCCC1. The lowest BCUT2D eigenvalue weighted by molar-refractivity contribution is -0.126. The van der Waals surface area contributed by atoms with E-state index >= 15 is 0 Å². The van der Waals surface area contributed by atoms with Gasteiger partial charge in [-0.25, -0.2) is 4.79 Å². The van der Waals surface area contributed by atoms with Crippen molar-refractivity contribution >= 4 is 17.6 Å². The predicted molar refractivity (Wildman–Crippen MR) is 124 cm³/mol. The van der Waals surface area contributed by atoms with Crippen molar-refractivity contribution in [3.05, 3.63) is 47.6 Å². The van der Waals surface area contributed by atoms with Gasteiger partial charge in [-0.1, -0.05) is 42.6 Å². The second-order valence-corrected chi connectivity index (χ2v) is 8.31. The van der Waals surface area contributed by atoms with Gasteiger partial charge in [-0.15, -0.1) is 0 Å². The first kappa shape index (κ1) is 24.4. The number of hydrogen-bond acceptors (Lipinski definition) is 7. The number of allylic oxidation sites excluding steroid dienone is 3. The molecule has 1 fully saturated rings. The molecule has 0 unspecified atom stereocenters. The van der Waals surface area contributed by atoms with Crippen LogP contribution >= 0.6 is 0 Å². The molecule has 3 rings (SSSR count). The Bertz CT molecular complexity index is 916. The smallest absolute Gasteiger partial charge is 0.342 e. The highest BCUT2D eigenvalue weighted by molar-refractivity contribution is 6.00. The number of nitrogens with one attached hydrogen (secondary N) is 1. The maximum Gasteiger partial charge on any atom is 0.342 e. The van der Waals surface area contributed by atoms with E-state index in [1.165, 1.54) is 12.5 Å². The van der Waals surface area contributed by atoms with Crippen LogP contribution in [0.5, 0.6) is 11.5 Å². The third kappa shape index (κ3) is 7.97. The molecule has 0 aromatic heterocycles. The number of hydrogen-bond donors (Lipinski definition) is 3. The maximum absolute atomic E-state index is 12.6. The third-order valence-corrected chi connectivity index (χ3v) is 5.60. The van der Waals surface area contributed by atoms with Gasteiger partial charge in [0.15, 0.2) is 6.61 Å². The predicted octanol–water partition coefficient (Wildman–Crippen LogP) is 3.91. The Morgan fingerprint density at radius 3 is 2.67 bits per heavy atom. The van der Waals surface area contributed by atoms with Gasteiger partial charge < -0.3 is 25.1 Å². The van der Waals surface area contributed by atoms with E-state index in [1.54, 1.807) is 6.08 Å². The zero-order chi connectivity index (χ0) is 23.5. The van der Waals surface area contributed by atoms with Crippen LogP contribution in [0.2, 0.25) is 0 Å². The summed E-state index contributed by atoms with van der Waals surface area (Å²) in [6.45, 7) is -0.0259. The summed E-state index contributed by atoms with van der Waals surface area (Å²) >= 11 is 0. The molecule has 178 valence electrons. The fraction of sp³-hybridized carbons (Fsp3) is 0.480. The molecular weight excluding hydrogens is 424 g/mol. The molecule has 8 nitrogen and oxygen atoms in total. The molecule has 1 aromatic rings. The number of carbonyl (C=O) groups is 2. The number of phenols is 2. The first-order valence-electron chi connectivity index (χ1n) is 11.5. The van der Waals surface area contributed by atoms with Gasteiger partial charge in [0.1, 0.15) is 17.1 Å². The molecule has 1 saturated carbocycles. The van der Waals surface area contributed by atoms with Crippen LogP contribution in [0.3, 0.4) is 0 Å². The number of aromatic hydroxyl groups is 2. The van der Waals surface area contributed by atoms with Crippen molar-refractivity contribution in [1.29, 1.82) is 0 Å². The van der Waals surface area contributed by atoms with Gasteiger partial charge in [-0.3, -0.25) is 4.79 Å². The zero-order valence-electron chi connectivity index (χ0n) is 18.8. The van der Waals surface area contributed by atoms with Crippen molar-refractivity contribution in [3.8, 4) is 11.5 Å². The number of oxime groups is 1. The lowest BCUT2D eigenvalue weighted by Gasteiger charge is -2.22. The Morgan fingerprint density at radius 1 is 1.09 bits per heavy atom. The summed E-state index contributed by atoms with van der Waals surface area (Å²) in [4.78, 5) is 30.1. The second-order valence-electron chi connectivity index (χ2n) is 8.31. The van der Waals surface area contributed by atoms with Crippen molar-refractivity contribution in [2.75, 3.05) is 13.2 Å². The number of amides is 1. The summed E-state index contributed by atoms with van der Waals surface area (Å²) < 4.78 is 5.28. The largest absolute Gasteiger partial charge is 0.508 e. The summed E-state index contributed by atoms with van der Waals surface area (Å²) in [5.41, 5.74) is 0.772. The summed E-state index contributed by atoms with van der Waals surface area (Å²) in [6.07, 6.45) is 15.3. The molecule has 0 spiro atoms. The number of esters is 1. The van der Waals surface area contributed by atoms with Crippen LogP contribution in [0.1, 0.15) is 67.3 Å². The number of ether oxygens (including phenoxy) is 1. The third-order valence-electron chi connectivity index (χ3n) is 5.60. The fourth-order valence-corrected chi connectivity index (χ4v) is 3.99. The lowest BCUT2D eigenvalue weighted by atomic mass is 9.95. The van der Waals surface area contributed by atoms with Crippen LogP contribution in [-0.4, -0.2) is 47.1 Å². The Morgan fingerprint density at radius 2 is 1.85 bits per heavy atom. The Kier molecular flexibility index (Phi) is 9.35. The van der Waals surface area contributed by atoms with Crippen LogP contribution in [0.15, 0.2) is 41.6 Å². The van der Waals surface area contributed by atoms with Crippen LogP contribution < -0.4 is 5.32 Å². The fourth-order valence-electron chi connectivity index (χ4n) is 3.99. The number of cyclic esters (lactones) is 1. The normalized spacial score (nSPS) is 21.3. The molecule has 1 aromatic carbocycles. The molecule has 0 radical (unpaired) electrons. The van der Waals surface area contributed by atoms with E-state index in [4.69, 9.17) is 9.57 Å². The van der Waals surface area contributed by atoms with E-state index in [-0.39, 0.29) is 48.6 Å². The molecule has 8 heteroatoms. The quantitative estimate of drug-likeness (QED) is 0.359. The monoisotopic (exact) mass is 456 g/mol. The van der Waals surface area contributed by atoms with Crippen molar-refractivity contribution in [3.63, 3.8) is 0 Å². The molecular formula is C25H32N2O6. The highest BCUT2D eigenvalue weighted by Crippen LogP contribution is 2.29. The molecule has 1 aliphatic heterocycles. The standard InChI is InChI=1S/C25H32N2O6/c28-21-15-18-14-20(27-33-17-23(30)26-19-10-7-5-8-11-19)12-6-3-1-2-4-9-13-32-25(31)24(18)22(29)16-21/h2,4,6,12,15-16,19,28-29H,1,3,5,7-11,13-14,17H2,(H,26,30)/b4-2+,12-6+,27-20-. The van der Waals surface area contributed by atoms with Crippen molar-refractivity contribution < 1.29 is 29.4 Å². The highest BCUT2D eigenvalue weighted by atomic mass is 16.6. The number of carbonyl (C=O) groups excluding carboxylic acids is 2. The summed E-state index contributed by atoms with van der Waals surface area (Å²) in [7, 11) is 0. The Hall–Kier alpha value is -3.29. The van der Waals surface area contributed by atoms with Gasteiger partial charge in [-0.2, -0.15) is 0 Å². The molecule has 1 heterocycles. The van der Waals surface area contributed by atoms with Crippen LogP contribution in [-0.2, 0) is 20.8 Å². The Labute approximate surface area is 194 Å². The molecule has 1 aliphatic carbocycles. The van der Waals surface area contributed by atoms with Gasteiger partial charge in [-0.05, 0) is 49.8 Å². The van der Waals surface area contributed by atoms with Gasteiger partial charge >= 0.3 is 5.97 Å². The van der Waals surface area contributed by atoms with E-state index in [0.29, 0.717) is 17.7 Å². The number of phenolic OH excluding ortho intramolecular Hbond substituents is 2. The van der Waals surface area contributed by atoms with Crippen molar-refractivity contribution in [2.45, 2.75) is 63.8 Å². The van der Waals surface area contributed by atoms with Crippen molar-refractivity contribution in [1.82, 2.24) is 5.32 Å². The minimum absolute atomic E-state index is 0.0232. The van der Waals surface area contributed by atoms with Gasteiger partial charge in [0.2, 0.25) is 0 Å². The molecule has 0 bridgehead atoms. The number of benzene rings is 1. The highest BCUT2D eigenvalue weighted by Gasteiger charge is 2.21. The van der Waals surface area contributed by atoms with E-state index in [1.807, 2.05) is 18.2 Å². The topological polar surface area (TPSA) is 117 Å². The minimum Gasteiger partial charge on any atom is -0.508 e. The molecule has 2 aliphatic rings. The summed E-state index contributed by atoms with van der Waals surface area (Å²) in [5.74, 6) is -1.45. The molecule has 1 amide bonds. The number of rotatable bonds is 4. The first-order valence-corrected chi connectivity index (χ1v) is 11.5. The van der Waals surface area contributed by atoms with Gasteiger partial charge in [0, 0.05) is 18.5 Å². The number of fused-ring (bicyclic) bond motifs is 1. The maximum atomic E-state index is 12.6. The summed E-state index contributed by atoms with van der Waals surface area (Å²) in [6, 6.07) is 2.68. The van der Waals surface area contributed by atoms with Crippen molar-refractivity contribution in [2.24, 2.45) is 5.16 Å². The molecule has 0 saturated heterocycles. The van der Waals surface area contributed by atoms with Crippen LogP contribution in [0, 0.1) is 0 Å². The van der Waals surface area contributed by atoms with E-state index < -0.39 is 5.97 Å². The van der Waals surface area contributed by atoms with E-state index in [9.17, 15) is 19.8 Å². The van der Waals surface area contributed by atoms with Crippen LogP contribution in [0.25, 0.3) is 0 Å². The molecule has 3 N–H and O–H groups in total. The average Bonchev–Trinajstić information content (AvgIpc) is 2.77. The van der Waals surface area contributed by atoms with Gasteiger partial charge in [0.05, 0.1) is 12.3 Å². The molecule has 33 heavy (non-hydrogen) atoms. The van der Waals surface area contributed by atoms with E-state index in [2.05, 4.69) is 10.5 Å². The summed E-state index contributed by atoms with van der Waals surface area (Å²) in [5, 5.41) is 27.3. The van der Waals surface area contributed by atoms with Crippen LogP contribution in [0.4, 0.5) is 0 Å². The first-order chi connectivity index (χ1) is 16.0. The number of nitrogens with zero attached hydrogens (tertiary/aromatic N) is 1. The zero-order valence-corrected chi connectivity index (χ0v) is 18.8.